The quantitative estimate of drug-likeness (QED) is 0.840. The smallest absolute Gasteiger partial charge is 0.195 e. The molecule has 0 amide bonds. The number of aromatic amines is 1. The van der Waals surface area contributed by atoms with Gasteiger partial charge in [0.15, 0.2) is 10.6 Å². The van der Waals surface area contributed by atoms with Crippen LogP contribution in [-0.2, 0) is 6.54 Å². The molecule has 0 aliphatic heterocycles. The van der Waals surface area contributed by atoms with Crippen LogP contribution in [0, 0.1) is 18.6 Å². The van der Waals surface area contributed by atoms with Crippen molar-refractivity contribution in [2.24, 2.45) is 0 Å². The van der Waals surface area contributed by atoms with E-state index in [0.717, 1.165) is 24.4 Å². The van der Waals surface area contributed by atoms with E-state index in [-0.39, 0.29) is 0 Å². The van der Waals surface area contributed by atoms with E-state index in [0.29, 0.717) is 4.77 Å². The molecule has 4 heteroatoms. The van der Waals surface area contributed by atoms with Gasteiger partial charge in [0.05, 0.1) is 0 Å². The molecule has 3 nitrogen and oxygen atoms in total. The van der Waals surface area contributed by atoms with Gasteiger partial charge in [-0.1, -0.05) is 25.1 Å². The second kappa shape index (κ2) is 4.84. The lowest BCUT2D eigenvalue weighted by Gasteiger charge is -2.09. The molecule has 90 valence electrons. The third kappa shape index (κ3) is 2.17. The van der Waals surface area contributed by atoms with Crippen molar-refractivity contribution in [3.63, 3.8) is 0 Å². The largest absolute Gasteiger partial charge is 0.300 e. The van der Waals surface area contributed by atoms with E-state index >= 15 is 0 Å². The highest BCUT2D eigenvalue weighted by Crippen LogP contribution is 2.24. The molecule has 17 heavy (non-hydrogen) atoms. The summed E-state index contributed by atoms with van der Waals surface area (Å²) in [6.45, 7) is 7.28. The number of nitrogens with one attached hydrogen (secondary N) is 1. The van der Waals surface area contributed by atoms with E-state index in [9.17, 15) is 0 Å². The molecule has 0 bridgehead atoms. The Balaban J connectivity index is 2.60. The van der Waals surface area contributed by atoms with Crippen LogP contribution in [0.3, 0.4) is 0 Å². The van der Waals surface area contributed by atoms with E-state index in [1.165, 1.54) is 11.1 Å². The molecule has 2 aromatic rings. The fourth-order valence-corrected chi connectivity index (χ4v) is 2.17. The standard InChI is InChI=1S/C13H17N3S/c1-4-8-16-12(14-15-13(16)17)11-7-5-6-9(2)10(11)3/h5-7H,4,8H2,1-3H3,(H,15,17). The zero-order valence-electron chi connectivity index (χ0n) is 10.4. The minimum Gasteiger partial charge on any atom is -0.300 e. The van der Waals surface area contributed by atoms with E-state index in [2.05, 4.69) is 53.7 Å². The van der Waals surface area contributed by atoms with Gasteiger partial charge in [-0.2, -0.15) is 5.10 Å². The van der Waals surface area contributed by atoms with E-state index < -0.39 is 0 Å². The van der Waals surface area contributed by atoms with Gasteiger partial charge in [0.2, 0.25) is 0 Å². The Hall–Kier alpha value is -1.42. The minimum absolute atomic E-state index is 0.697. The molecule has 0 aliphatic carbocycles. The fourth-order valence-electron chi connectivity index (χ4n) is 1.95. The SMILES string of the molecule is CCCn1c(-c2cccc(C)c2C)n[nH]c1=S. The Kier molecular flexibility index (Phi) is 3.43. The monoisotopic (exact) mass is 247 g/mol. The second-order valence-electron chi connectivity index (χ2n) is 4.25. The molecule has 2 rings (SSSR count). The highest BCUT2D eigenvalue weighted by atomic mass is 32.1. The molecular formula is C13H17N3S. The molecule has 0 unspecified atom stereocenters. The summed E-state index contributed by atoms with van der Waals surface area (Å²) in [4.78, 5) is 0. The van der Waals surface area contributed by atoms with Gasteiger partial charge in [-0.25, -0.2) is 0 Å². The summed E-state index contributed by atoms with van der Waals surface area (Å²) in [6, 6.07) is 6.27. The first kappa shape index (κ1) is 12.0. The predicted octanol–water partition coefficient (Wildman–Crippen LogP) is 3.63. The summed E-state index contributed by atoms with van der Waals surface area (Å²) in [5.74, 6) is 0.943. The maximum atomic E-state index is 5.26. The number of aryl methyl sites for hydroxylation is 1. The second-order valence-corrected chi connectivity index (χ2v) is 4.64. The van der Waals surface area contributed by atoms with E-state index in [4.69, 9.17) is 12.2 Å². The fraction of sp³-hybridized carbons (Fsp3) is 0.385. The molecule has 0 spiro atoms. The van der Waals surface area contributed by atoms with E-state index in [1.54, 1.807) is 0 Å². The van der Waals surface area contributed by atoms with Gasteiger partial charge < -0.3 is 4.57 Å². The minimum atomic E-state index is 0.697. The summed E-state index contributed by atoms with van der Waals surface area (Å²) in [7, 11) is 0. The summed E-state index contributed by atoms with van der Waals surface area (Å²) >= 11 is 5.26. The van der Waals surface area contributed by atoms with Gasteiger partial charge in [0, 0.05) is 12.1 Å². The van der Waals surface area contributed by atoms with Crippen LogP contribution in [0.5, 0.6) is 0 Å². The average Bonchev–Trinajstić information content (AvgIpc) is 2.66. The van der Waals surface area contributed by atoms with Crippen molar-refractivity contribution in [3.05, 3.63) is 34.1 Å². The average molecular weight is 247 g/mol. The molecule has 1 N–H and O–H groups in total. The Labute approximate surface area is 106 Å². The predicted molar refractivity (Wildman–Crippen MR) is 72.6 cm³/mol. The van der Waals surface area contributed by atoms with Gasteiger partial charge in [0.1, 0.15) is 0 Å². The molecule has 0 atom stereocenters. The first-order valence-corrected chi connectivity index (χ1v) is 6.27. The molecule has 1 heterocycles. The van der Waals surface area contributed by atoms with Crippen molar-refractivity contribution in [1.29, 1.82) is 0 Å². The van der Waals surface area contributed by atoms with Gasteiger partial charge >= 0.3 is 0 Å². The van der Waals surface area contributed by atoms with Crippen LogP contribution >= 0.6 is 12.2 Å². The number of H-pyrrole nitrogens is 1. The molecular weight excluding hydrogens is 230 g/mol. The third-order valence-electron chi connectivity index (χ3n) is 3.05. The van der Waals surface area contributed by atoms with Gasteiger partial charge in [-0.3, -0.25) is 5.10 Å². The maximum Gasteiger partial charge on any atom is 0.195 e. The first-order chi connectivity index (χ1) is 8.15. The number of rotatable bonds is 3. The first-order valence-electron chi connectivity index (χ1n) is 5.87. The highest BCUT2D eigenvalue weighted by Gasteiger charge is 2.11. The zero-order valence-corrected chi connectivity index (χ0v) is 11.3. The summed E-state index contributed by atoms with van der Waals surface area (Å²) in [5.41, 5.74) is 3.70. The molecule has 0 radical (unpaired) electrons. The van der Waals surface area contributed by atoms with Crippen molar-refractivity contribution in [2.75, 3.05) is 0 Å². The summed E-state index contributed by atoms with van der Waals surface area (Å²) in [5, 5.41) is 7.24. The van der Waals surface area contributed by atoms with Crippen molar-refractivity contribution in [3.8, 4) is 11.4 Å². The van der Waals surface area contributed by atoms with Crippen LogP contribution in [0.2, 0.25) is 0 Å². The number of hydrogen-bond donors (Lipinski definition) is 1. The molecule has 1 aromatic heterocycles. The van der Waals surface area contributed by atoms with Gasteiger partial charge in [-0.05, 0) is 43.6 Å². The van der Waals surface area contributed by atoms with Crippen LogP contribution in [-0.4, -0.2) is 14.8 Å². The Morgan fingerprint density at radius 3 is 2.82 bits per heavy atom. The lowest BCUT2D eigenvalue weighted by atomic mass is 10.0. The topological polar surface area (TPSA) is 33.6 Å². The Morgan fingerprint density at radius 1 is 1.35 bits per heavy atom. The van der Waals surface area contributed by atoms with Crippen LogP contribution in [0.15, 0.2) is 18.2 Å². The summed E-state index contributed by atoms with van der Waals surface area (Å²) in [6.07, 6.45) is 1.05. The molecule has 0 saturated carbocycles. The molecule has 0 aliphatic rings. The Morgan fingerprint density at radius 2 is 2.12 bits per heavy atom. The number of hydrogen-bond acceptors (Lipinski definition) is 2. The molecule has 0 fully saturated rings. The van der Waals surface area contributed by atoms with Crippen LogP contribution in [0.1, 0.15) is 24.5 Å². The summed E-state index contributed by atoms with van der Waals surface area (Å²) < 4.78 is 2.76. The van der Waals surface area contributed by atoms with Crippen molar-refractivity contribution in [1.82, 2.24) is 14.8 Å². The van der Waals surface area contributed by atoms with Gasteiger partial charge in [-0.15, -0.1) is 0 Å². The van der Waals surface area contributed by atoms with Crippen molar-refractivity contribution >= 4 is 12.2 Å². The molecule has 0 saturated heterocycles. The lowest BCUT2D eigenvalue weighted by Crippen LogP contribution is -2.01. The Bertz CT molecular complexity index is 581. The van der Waals surface area contributed by atoms with Crippen LogP contribution in [0.4, 0.5) is 0 Å². The lowest BCUT2D eigenvalue weighted by molar-refractivity contribution is 0.674. The normalized spacial score (nSPS) is 10.8. The zero-order chi connectivity index (χ0) is 12.4. The maximum absolute atomic E-state index is 5.26. The van der Waals surface area contributed by atoms with Crippen LogP contribution < -0.4 is 0 Å². The van der Waals surface area contributed by atoms with E-state index in [1.807, 2.05) is 0 Å². The third-order valence-corrected chi connectivity index (χ3v) is 3.36. The molecule has 1 aromatic carbocycles. The van der Waals surface area contributed by atoms with Gasteiger partial charge in [0.25, 0.3) is 0 Å². The number of benzene rings is 1. The highest BCUT2D eigenvalue weighted by molar-refractivity contribution is 7.71. The van der Waals surface area contributed by atoms with Crippen molar-refractivity contribution in [2.45, 2.75) is 33.7 Å². The number of aromatic nitrogens is 3. The number of nitrogens with zero attached hydrogens (tertiary/aromatic N) is 2. The van der Waals surface area contributed by atoms with Crippen LogP contribution in [0.25, 0.3) is 11.4 Å². The van der Waals surface area contributed by atoms with Crippen molar-refractivity contribution < 1.29 is 0 Å².